The first-order valence-corrected chi connectivity index (χ1v) is 6.78. The van der Waals surface area contributed by atoms with Crippen LogP contribution in [0.1, 0.15) is 13.8 Å². The highest BCUT2D eigenvalue weighted by Gasteiger charge is 2.12. The van der Waals surface area contributed by atoms with Crippen LogP contribution in [0.2, 0.25) is 0 Å². The van der Waals surface area contributed by atoms with Gasteiger partial charge in [-0.2, -0.15) is 0 Å². The summed E-state index contributed by atoms with van der Waals surface area (Å²) in [6, 6.07) is 3.87. The molecule has 0 unspecified atom stereocenters. The Morgan fingerprint density at radius 1 is 1.45 bits per heavy atom. The Bertz CT molecular complexity index is 782. The molecule has 8 nitrogen and oxygen atoms in total. The van der Waals surface area contributed by atoms with E-state index in [1.165, 1.54) is 24.5 Å². The molecule has 1 heterocycles. The largest absolute Gasteiger partial charge is 0.354 e. The van der Waals surface area contributed by atoms with Gasteiger partial charge in [0.05, 0.1) is 22.2 Å². The highest BCUT2D eigenvalue weighted by atomic mass is 16.6. The Morgan fingerprint density at radius 2 is 2.18 bits per heavy atom. The van der Waals surface area contributed by atoms with Crippen LogP contribution in [0.3, 0.4) is 0 Å². The summed E-state index contributed by atoms with van der Waals surface area (Å²) >= 11 is 0. The number of non-ortho nitro benzene ring substituents is 1. The van der Waals surface area contributed by atoms with Crippen molar-refractivity contribution in [3.05, 3.63) is 45.0 Å². The van der Waals surface area contributed by atoms with Gasteiger partial charge in [-0.3, -0.25) is 24.3 Å². The number of hydrogen-bond acceptors (Lipinski definition) is 5. The van der Waals surface area contributed by atoms with Crippen molar-refractivity contribution >= 4 is 22.5 Å². The lowest BCUT2D eigenvalue weighted by molar-refractivity contribution is -0.384. The van der Waals surface area contributed by atoms with E-state index in [0.29, 0.717) is 18.0 Å². The molecule has 0 atom stereocenters. The van der Waals surface area contributed by atoms with Crippen molar-refractivity contribution in [1.29, 1.82) is 0 Å². The van der Waals surface area contributed by atoms with Crippen molar-refractivity contribution in [3.8, 4) is 0 Å². The Morgan fingerprint density at radius 3 is 2.82 bits per heavy atom. The zero-order valence-corrected chi connectivity index (χ0v) is 12.3. The van der Waals surface area contributed by atoms with Crippen LogP contribution in [0.15, 0.2) is 29.3 Å². The molecule has 2 aromatic rings. The van der Waals surface area contributed by atoms with Gasteiger partial charge in [-0.05, 0) is 12.0 Å². The zero-order chi connectivity index (χ0) is 16.3. The van der Waals surface area contributed by atoms with Crippen molar-refractivity contribution in [1.82, 2.24) is 14.9 Å². The number of nitrogens with one attached hydrogen (secondary N) is 1. The third kappa shape index (κ3) is 3.46. The van der Waals surface area contributed by atoms with Gasteiger partial charge in [-0.25, -0.2) is 4.98 Å². The summed E-state index contributed by atoms with van der Waals surface area (Å²) < 4.78 is 1.14. The number of nitro groups is 1. The number of hydrogen-bond donors (Lipinski definition) is 1. The highest BCUT2D eigenvalue weighted by molar-refractivity contribution is 5.80. The molecule has 1 N–H and O–H groups in total. The van der Waals surface area contributed by atoms with Crippen LogP contribution < -0.4 is 10.9 Å². The van der Waals surface area contributed by atoms with Crippen LogP contribution in [0.4, 0.5) is 5.69 Å². The Hall–Kier alpha value is -2.77. The third-order valence-corrected chi connectivity index (χ3v) is 3.04. The number of benzene rings is 1. The van der Waals surface area contributed by atoms with Gasteiger partial charge in [0.15, 0.2) is 0 Å². The molecule has 0 bridgehead atoms. The summed E-state index contributed by atoms with van der Waals surface area (Å²) in [6.07, 6.45) is 1.27. The fourth-order valence-corrected chi connectivity index (χ4v) is 1.90. The van der Waals surface area contributed by atoms with Gasteiger partial charge in [0, 0.05) is 18.7 Å². The van der Waals surface area contributed by atoms with Crippen LogP contribution in [0.5, 0.6) is 0 Å². The summed E-state index contributed by atoms with van der Waals surface area (Å²) in [5.74, 6) is 0.000399. The minimum atomic E-state index is -0.578. The molecule has 0 aliphatic heterocycles. The van der Waals surface area contributed by atoms with Crippen molar-refractivity contribution in [3.63, 3.8) is 0 Å². The van der Waals surface area contributed by atoms with E-state index in [2.05, 4.69) is 10.3 Å². The van der Waals surface area contributed by atoms with Gasteiger partial charge in [-0.15, -0.1) is 0 Å². The van der Waals surface area contributed by atoms with Crippen molar-refractivity contribution < 1.29 is 9.72 Å². The van der Waals surface area contributed by atoms with Crippen LogP contribution in [0, 0.1) is 16.0 Å². The summed E-state index contributed by atoms with van der Waals surface area (Å²) in [4.78, 5) is 38.3. The number of aromatic nitrogens is 2. The molecule has 1 aromatic heterocycles. The second-order valence-electron chi connectivity index (χ2n) is 5.33. The SMILES string of the molecule is CC(C)CNC(=O)Cn1cnc2ccc([N+](=O)[O-])cc2c1=O. The molecule has 0 saturated heterocycles. The maximum atomic E-state index is 12.3. The molecule has 0 aliphatic rings. The van der Waals surface area contributed by atoms with Crippen molar-refractivity contribution in [2.24, 2.45) is 5.92 Å². The molecule has 116 valence electrons. The smallest absolute Gasteiger partial charge is 0.270 e. The lowest BCUT2D eigenvalue weighted by Gasteiger charge is -2.09. The van der Waals surface area contributed by atoms with E-state index in [9.17, 15) is 19.7 Å². The molecule has 0 fully saturated rings. The summed E-state index contributed by atoms with van der Waals surface area (Å²) in [5, 5.41) is 13.6. The zero-order valence-electron chi connectivity index (χ0n) is 12.3. The first kappa shape index (κ1) is 15.6. The molecule has 1 aromatic carbocycles. The molecular formula is C14H16N4O4. The predicted octanol–water partition coefficient (Wildman–Crippen LogP) is 1.08. The summed E-state index contributed by atoms with van der Waals surface area (Å²) in [6.45, 7) is 4.27. The van der Waals surface area contributed by atoms with E-state index in [-0.39, 0.29) is 23.5 Å². The van der Waals surface area contributed by atoms with Crippen molar-refractivity contribution in [2.45, 2.75) is 20.4 Å². The van der Waals surface area contributed by atoms with E-state index in [1.807, 2.05) is 13.8 Å². The first-order valence-electron chi connectivity index (χ1n) is 6.78. The number of rotatable bonds is 5. The Labute approximate surface area is 125 Å². The van der Waals surface area contributed by atoms with Gasteiger partial charge >= 0.3 is 0 Å². The van der Waals surface area contributed by atoms with Gasteiger partial charge < -0.3 is 5.32 Å². The highest BCUT2D eigenvalue weighted by Crippen LogP contribution is 2.16. The molecule has 2 rings (SSSR count). The minimum Gasteiger partial charge on any atom is -0.354 e. The van der Waals surface area contributed by atoms with Crippen LogP contribution in [0.25, 0.3) is 10.9 Å². The summed E-state index contributed by atoms with van der Waals surface area (Å²) in [7, 11) is 0. The number of carbonyl (C=O) groups excluding carboxylic acids is 1. The normalized spacial score (nSPS) is 10.9. The maximum Gasteiger partial charge on any atom is 0.270 e. The third-order valence-electron chi connectivity index (χ3n) is 3.04. The fourth-order valence-electron chi connectivity index (χ4n) is 1.90. The quantitative estimate of drug-likeness (QED) is 0.657. The van der Waals surface area contributed by atoms with Gasteiger partial charge in [-0.1, -0.05) is 13.8 Å². The van der Waals surface area contributed by atoms with Crippen molar-refractivity contribution in [2.75, 3.05) is 6.54 Å². The molecular weight excluding hydrogens is 288 g/mol. The average Bonchev–Trinajstić information content (AvgIpc) is 2.47. The Kier molecular flexibility index (Phi) is 4.50. The number of fused-ring (bicyclic) bond motifs is 1. The first-order chi connectivity index (χ1) is 10.4. The molecule has 0 radical (unpaired) electrons. The van der Waals surface area contributed by atoms with Gasteiger partial charge in [0.2, 0.25) is 5.91 Å². The number of carbonyl (C=O) groups is 1. The average molecular weight is 304 g/mol. The number of nitrogens with zero attached hydrogens (tertiary/aromatic N) is 3. The lowest BCUT2D eigenvalue weighted by Crippen LogP contribution is -2.34. The van der Waals surface area contributed by atoms with Crippen LogP contribution in [-0.4, -0.2) is 26.9 Å². The predicted molar refractivity (Wildman–Crippen MR) is 80.5 cm³/mol. The topological polar surface area (TPSA) is 107 Å². The van der Waals surface area contributed by atoms with Crippen LogP contribution >= 0.6 is 0 Å². The standard InChI is InChI=1S/C14H16N4O4/c1-9(2)6-15-13(19)7-17-8-16-12-4-3-10(18(21)22)5-11(12)14(17)20/h3-5,8-9H,6-7H2,1-2H3,(H,15,19). The van der Waals surface area contributed by atoms with Crippen LogP contribution in [-0.2, 0) is 11.3 Å². The second kappa shape index (κ2) is 6.33. The van der Waals surface area contributed by atoms with Gasteiger partial charge in [0.1, 0.15) is 6.54 Å². The Balaban J connectivity index is 2.31. The fraction of sp³-hybridized carbons (Fsp3) is 0.357. The second-order valence-corrected chi connectivity index (χ2v) is 5.33. The molecule has 0 saturated carbocycles. The minimum absolute atomic E-state index is 0.119. The molecule has 1 amide bonds. The van der Waals surface area contributed by atoms with E-state index in [1.54, 1.807) is 0 Å². The lowest BCUT2D eigenvalue weighted by atomic mass is 10.2. The monoisotopic (exact) mass is 304 g/mol. The number of nitro benzene ring substituents is 1. The van der Waals surface area contributed by atoms with E-state index in [4.69, 9.17) is 0 Å². The van der Waals surface area contributed by atoms with E-state index in [0.717, 1.165) is 4.57 Å². The number of amides is 1. The van der Waals surface area contributed by atoms with E-state index < -0.39 is 10.5 Å². The molecule has 8 heteroatoms. The maximum absolute atomic E-state index is 12.3. The van der Waals surface area contributed by atoms with E-state index >= 15 is 0 Å². The molecule has 22 heavy (non-hydrogen) atoms. The summed E-state index contributed by atoms with van der Waals surface area (Å²) in [5.41, 5.74) is -0.309. The molecule has 0 aliphatic carbocycles. The van der Waals surface area contributed by atoms with Gasteiger partial charge in [0.25, 0.3) is 11.2 Å². The molecule has 0 spiro atoms.